The van der Waals surface area contributed by atoms with E-state index >= 15 is 0 Å². The van der Waals surface area contributed by atoms with Crippen LogP contribution in [0.25, 0.3) is 11.0 Å². The van der Waals surface area contributed by atoms with Crippen molar-refractivity contribution in [2.75, 3.05) is 6.61 Å². The third-order valence-corrected chi connectivity index (χ3v) is 6.33. The minimum atomic E-state index is -0.362. The van der Waals surface area contributed by atoms with Crippen molar-refractivity contribution >= 4 is 28.8 Å². The van der Waals surface area contributed by atoms with Gasteiger partial charge in [0.05, 0.1) is 29.7 Å². The SMILES string of the molecule is CCOC(=O)c1ccc2c(c1)nc(SCc1ccc(C)cc1C)n2Cc1cccc(F)c1. The number of imidazole rings is 1. The first-order valence-electron chi connectivity index (χ1n) is 10.6. The van der Waals surface area contributed by atoms with Crippen LogP contribution in [0.5, 0.6) is 0 Å². The minimum Gasteiger partial charge on any atom is -0.462 e. The molecule has 4 rings (SSSR count). The first-order chi connectivity index (χ1) is 15.4. The highest BCUT2D eigenvalue weighted by molar-refractivity contribution is 7.98. The topological polar surface area (TPSA) is 44.1 Å². The number of benzene rings is 3. The molecule has 0 aliphatic rings. The molecule has 0 saturated carbocycles. The maximum atomic E-state index is 13.8. The van der Waals surface area contributed by atoms with Crippen LogP contribution in [0.4, 0.5) is 4.39 Å². The molecule has 4 aromatic rings. The Morgan fingerprint density at radius 3 is 2.69 bits per heavy atom. The van der Waals surface area contributed by atoms with Gasteiger partial charge >= 0.3 is 5.97 Å². The zero-order valence-corrected chi connectivity index (χ0v) is 19.2. The molecule has 0 unspecified atom stereocenters. The Morgan fingerprint density at radius 1 is 1.09 bits per heavy atom. The lowest BCUT2D eigenvalue weighted by Gasteiger charge is -2.11. The maximum absolute atomic E-state index is 13.8. The molecule has 0 fully saturated rings. The normalized spacial score (nSPS) is 11.1. The molecule has 0 aliphatic carbocycles. The number of hydrogen-bond donors (Lipinski definition) is 0. The van der Waals surface area contributed by atoms with E-state index in [1.54, 1.807) is 36.9 Å². The monoisotopic (exact) mass is 448 g/mol. The van der Waals surface area contributed by atoms with Gasteiger partial charge in [-0.3, -0.25) is 0 Å². The van der Waals surface area contributed by atoms with Gasteiger partial charge < -0.3 is 9.30 Å². The number of aryl methyl sites for hydroxylation is 2. The number of esters is 1. The van der Waals surface area contributed by atoms with Gasteiger partial charge in [0.1, 0.15) is 5.82 Å². The van der Waals surface area contributed by atoms with Gasteiger partial charge in [0, 0.05) is 5.75 Å². The lowest BCUT2D eigenvalue weighted by molar-refractivity contribution is 0.0526. The Bertz CT molecular complexity index is 1280. The van der Waals surface area contributed by atoms with E-state index in [0.29, 0.717) is 18.7 Å². The predicted octanol–water partition coefficient (Wildman–Crippen LogP) is 6.31. The summed E-state index contributed by atoms with van der Waals surface area (Å²) in [5.74, 6) is 0.142. The van der Waals surface area contributed by atoms with Crippen molar-refractivity contribution in [3.8, 4) is 0 Å². The van der Waals surface area contributed by atoms with Crippen molar-refractivity contribution in [1.82, 2.24) is 9.55 Å². The number of halogens is 1. The molecule has 164 valence electrons. The molecular formula is C26H25FN2O2S. The van der Waals surface area contributed by atoms with E-state index in [-0.39, 0.29) is 11.8 Å². The summed E-state index contributed by atoms with van der Waals surface area (Å²) in [7, 11) is 0. The second-order valence-corrected chi connectivity index (χ2v) is 8.70. The van der Waals surface area contributed by atoms with E-state index in [4.69, 9.17) is 9.72 Å². The van der Waals surface area contributed by atoms with Crippen LogP contribution in [-0.2, 0) is 17.0 Å². The Morgan fingerprint density at radius 2 is 1.94 bits per heavy atom. The van der Waals surface area contributed by atoms with Gasteiger partial charge in [-0.15, -0.1) is 0 Å². The van der Waals surface area contributed by atoms with Crippen molar-refractivity contribution in [1.29, 1.82) is 0 Å². The molecule has 32 heavy (non-hydrogen) atoms. The molecule has 0 spiro atoms. The van der Waals surface area contributed by atoms with Crippen molar-refractivity contribution in [2.45, 2.75) is 38.2 Å². The standard InChI is InChI=1S/C26H25FN2O2S/c1-4-31-25(30)20-10-11-24-23(14-20)28-26(29(24)15-19-6-5-7-22(27)13-19)32-16-21-9-8-17(2)12-18(21)3/h5-14H,4,15-16H2,1-3H3. The Balaban J connectivity index is 1.71. The summed E-state index contributed by atoms with van der Waals surface area (Å²) in [5, 5.41) is 0.824. The minimum absolute atomic E-state index is 0.263. The van der Waals surface area contributed by atoms with Gasteiger partial charge in [0.2, 0.25) is 0 Å². The zero-order valence-electron chi connectivity index (χ0n) is 18.4. The van der Waals surface area contributed by atoms with E-state index in [1.165, 1.54) is 28.8 Å². The zero-order chi connectivity index (χ0) is 22.7. The summed E-state index contributed by atoms with van der Waals surface area (Å²) in [6.45, 7) is 6.80. The van der Waals surface area contributed by atoms with Crippen molar-refractivity contribution < 1.29 is 13.9 Å². The number of fused-ring (bicyclic) bond motifs is 1. The smallest absolute Gasteiger partial charge is 0.338 e. The molecule has 1 heterocycles. The Kier molecular flexibility index (Phi) is 6.61. The van der Waals surface area contributed by atoms with Crippen LogP contribution in [0.1, 0.15) is 39.5 Å². The van der Waals surface area contributed by atoms with E-state index in [0.717, 1.165) is 27.5 Å². The average Bonchev–Trinajstić information content (AvgIpc) is 3.10. The number of carbonyl (C=O) groups excluding carboxylic acids is 1. The van der Waals surface area contributed by atoms with Gasteiger partial charge in [0.25, 0.3) is 0 Å². The van der Waals surface area contributed by atoms with Crippen LogP contribution >= 0.6 is 11.8 Å². The molecule has 6 heteroatoms. The molecule has 0 amide bonds. The van der Waals surface area contributed by atoms with Gasteiger partial charge in [-0.25, -0.2) is 14.2 Å². The third-order valence-electron chi connectivity index (χ3n) is 5.31. The molecule has 1 aromatic heterocycles. The maximum Gasteiger partial charge on any atom is 0.338 e. The largest absolute Gasteiger partial charge is 0.462 e. The van der Waals surface area contributed by atoms with Crippen LogP contribution < -0.4 is 0 Å². The van der Waals surface area contributed by atoms with Gasteiger partial charge in [-0.05, 0) is 67.8 Å². The summed E-state index contributed by atoms with van der Waals surface area (Å²) in [4.78, 5) is 17.0. The number of rotatable bonds is 7. The second kappa shape index (κ2) is 9.57. The lowest BCUT2D eigenvalue weighted by atomic mass is 10.1. The molecule has 0 atom stereocenters. The predicted molar refractivity (Wildman–Crippen MR) is 127 cm³/mol. The Labute approximate surface area is 191 Å². The molecule has 3 aromatic carbocycles. The van der Waals surface area contributed by atoms with Crippen molar-refractivity contribution in [2.24, 2.45) is 0 Å². The fourth-order valence-electron chi connectivity index (χ4n) is 3.68. The summed E-state index contributed by atoms with van der Waals surface area (Å²) >= 11 is 1.64. The number of aromatic nitrogens is 2. The van der Waals surface area contributed by atoms with Gasteiger partial charge in [0.15, 0.2) is 5.16 Å². The number of carbonyl (C=O) groups is 1. The van der Waals surface area contributed by atoms with E-state index < -0.39 is 0 Å². The molecule has 0 bridgehead atoms. The van der Waals surface area contributed by atoms with Crippen molar-refractivity contribution in [3.05, 3.63) is 94.3 Å². The van der Waals surface area contributed by atoms with Crippen LogP contribution in [0, 0.1) is 19.7 Å². The average molecular weight is 449 g/mol. The first-order valence-corrected chi connectivity index (χ1v) is 11.5. The summed E-state index contributed by atoms with van der Waals surface area (Å²) in [5.41, 5.74) is 6.67. The highest BCUT2D eigenvalue weighted by Crippen LogP contribution is 2.29. The van der Waals surface area contributed by atoms with Crippen LogP contribution in [0.3, 0.4) is 0 Å². The molecule has 0 saturated heterocycles. The fourth-order valence-corrected chi connectivity index (χ4v) is 4.77. The first kappa shape index (κ1) is 22.1. The summed E-state index contributed by atoms with van der Waals surface area (Å²) < 4.78 is 21.0. The number of hydrogen-bond acceptors (Lipinski definition) is 4. The highest BCUT2D eigenvalue weighted by Gasteiger charge is 2.16. The summed E-state index contributed by atoms with van der Waals surface area (Å²) in [6, 6.07) is 18.4. The molecule has 0 radical (unpaired) electrons. The second-order valence-electron chi connectivity index (χ2n) is 7.75. The Hall–Kier alpha value is -3.12. The van der Waals surface area contributed by atoms with Gasteiger partial charge in [-0.1, -0.05) is 47.7 Å². The van der Waals surface area contributed by atoms with Crippen LogP contribution in [0.15, 0.2) is 65.8 Å². The molecule has 0 N–H and O–H groups in total. The molecule has 4 nitrogen and oxygen atoms in total. The van der Waals surface area contributed by atoms with Crippen molar-refractivity contribution in [3.63, 3.8) is 0 Å². The van der Waals surface area contributed by atoms with E-state index in [2.05, 4.69) is 36.6 Å². The number of ether oxygens (including phenoxy) is 1. The highest BCUT2D eigenvalue weighted by atomic mass is 32.2. The van der Waals surface area contributed by atoms with E-state index in [9.17, 15) is 9.18 Å². The van der Waals surface area contributed by atoms with Crippen LogP contribution in [-0.4, -0.2) is 22.1 Å². The fraction of sp³-hybridized carbons (Fsp3) is 0.231. The van der Waals surface area contributed by atoms with Gasteiger partial charge in [-0.2, -0.15) is 0 Å². The van der Waals surface area contributed by atoms with E-state index in [1.807, 2.05) is 12.1 Å². The number of thioether (sulfide) groups is 1. The quantitative estimate of drug-likeness (QED) is 0.245. The molecular weight excluding hydrogens is 423 g/mol. The van der Waals surface area contributed by atoms with Crippen LogP contribution in [0.2, 0.25) is 0 Å². The third kappa shape index (κ3) is 4.86. The lowest BCUT2D eigenvalue weighted by Crippen LogP contribution is -2.05. The molecule has 0 aliphatic heterocycles. The summed E-state index contributed by atoms with van der Waals surface area (Å²) in [6.07, 6.45) is 0. The number of nitrogens with zero attached hydrogens (tertiary/aromatic N) is 2.